The zero-order valence-electron chi connectivity index (χ0n) is 11.7. The summed E-state index contributed by atoms with van der Waals surface area (Å²) in [4.78, 5) is 0. The fourth-order valence-corrected chi connectivity index (χ4v) is 2.83. The first-order valence-corrected chi connectivity index (χ1v) is 7.50. The Labute approximate surface area is 119 Å². The monoisotopic (exact) mass is 283 g/mol. The van der Waals surface area contributed by atoms with E-state index in [1.807, 2.05) is 0 Å². The van der Waals surface area contributed by atoms with Crippen LogP contribution < -0.4 is 5.32 Å². The van der Waals surface area contributed by atoms with E-state index in [2.05, 4.69) is 5.32 Å². The zero-order chi connectivity index (χ0) is 14.4. The first-order valence-electron chi connectivity index (χ1n) is 7.50. The summed E-state index contributed by atoms with van der Waals surface area (Å²) in [6.07, 6.45) is 6.93. The standard InChI is InChI=1S/C16H23F2NO/c17-14-8-7-13(9-15(14)18)16(20)11-19-10-12-5-3-1-2-4-6-12/h7-9,12,16,19-20H,1-6,10-11H2. The predicted octanol–water partition coefficient (Wildman–Crippen LogP) is 3.56. The molecule has 1 aliphatic rings. The average molecular weight is 283 g/mol. The molecule has 1 aromatic rings. The SMILES string of the molecule is OC(CNCC1CCCCCC1)c1ccc(F)c(F)c1. The Balaban J connectivity index is 1.76. The van der Waals surface area contributed by atoms with E-state index in [1.54, 1.807) is 0 Å². The summed E-state index contributed by atoms with van der Waals surface area (Å²) in [5, 5.41) is 13.2. The predicted molar refractivity (Wildman–Crippen MR) is 75.4 cm³/mol. The lowest BCUT2D eigenvalue weighted by Gasteiger charge is -2.17. The lowest BCUT2D eigenvalue weighted by Crippen LogP contribution is -2.27. The summed E-state index contributed by atoms with van der Waals surface area (Å²) in [7, 11) is 0. The Morgan fingerprint density at radius 2 is 1.80 bits per heavy atom. The fourth-order valence-electron chi connectivity index (χ4n) is 2.83. The molecule has 0 heterocycles. The van der Waals surface area contributed by atoms with Gasteiger partial charge in [0.25, 0.3) is 0 Å². The molecule has 20 heavy (non-hydrogen) atoms. The molecule has 1 aliphatic carbocycles. The minimum Gasteiger partial charge on any atom is -0.387 e. The van der Waals surface area contributed by atoms with Gasteiger partial charge in [0.05, 0.1) is 6.10 Å². The van der Waals surface area contributed by atoms with Crippen LogP contribution in [0.5, 0.6) is 0 Å². The van der Waals surface area contributed by atoms with Crippen LogP contribution in [0.15, 0.2) is 18.2 Å². The molecule has 1 fully saturated rings. The molecule has 0 spiro atoms. The number of nitrogens with one attached hydrogen (secondary N) is 1. The van der Waals surface area contributed by atoms with Crippen molar-refractivity contribution in [2.24, 2.45) is 5.92 Å². The van der Waals surface area contributed by atoms with Gasteiger partial charge in [-0.25, -0.2) is 8.78 Å². The van der Waals surface area contributed by atoms with Crippen LogP contribution in [0.1, 0.15) is 50.2 Å². The summed E-state index contributed by atoms with van der Waals surface area (Å²) in [5.74, 6) is -1.12. The molecular formula is C16H23F2NO. The summed E-state index contributed by atoms with van der Waals surface area (Å²) >= 11 is 0. The number of aliphatic hydroxyl groups is 1. The molecule has 2 N–H and O–H groups in total. The average Bonchev–Trinajstić information content (AvgIpc) is 2.70. The van der Waals surface area contributed by atoms with Gasteiger partial charge in [0.1, 0.15) is 0 Å². The van der Waals surface area contributed by atoms with Crippen LogP contribution >= 0.6 is 0 Å². The highest BCUT2D eigenvalue weighted by Crippen LogP contribution is 2.22. The van der Waals surface area contributed by atoms with Crippen molar-refractivity contribution in [2.75, 3.05) is 13.1 Å². The molecule has 112 valence electrons. The smallest absolute Gasteiger partial charge is 0.159 e. The molecule has 1 atom stereocenters. The summed E-state index contributed by atoms with van der Waals surface area (Å²) in [6, 6.07) is 3.54. The first-order chi connectivity index (χ1) is 9.66. The van der Waals surface area contributed by atoms with Gasteiger partial charge in [0.2, 0.25) is 0 Å². The number of rotatable bonds is 5. The van der Waals surface area contributed by atoms with Crippen molar-refractivity contribution in [1.82, 2.24) is 5.32 Å². The third-order valence-corrected chi connectivity index (χ3v) is 4.07. The van der Waals surface area contributed by atoms with Crippen molar-refractivity contribution in [3.8, 4) is 0 Å². The Hall–Kier alpha value is -1.00. The third kappa shape index (κ3) is 4.53. The molecular weight excluding hydrogens is 260 g/mol. The Morgan fingerprint density at radius 3 is 2.45 bits per heavy atom. The van der Waals surface area contributed by atoms with Gasteiger partial charge in [-0.05, 0) is 43.0 Å². The zero-order valence-corrected chi connectivity index (χ0v) is 11.7. The molecule has 1 saturated carbocycles. The molecule has 0 amide bonds. The van der Waals surface area contributed by atoms with Crippen LogP contribution in [0.2, 0.25) is 0 Å². The highest BCUT2D eigenvalue weighted by molar-refractivity contribution is 5.20. The first kappa shape index (κ1) is 15.4. The molecule has 1 unspecified atom stereocenters. The highest BCUT2D eigenvalue weighted by Gasteiger charge is 2.14. The number of aliphatic hydroxyl groups excluding tert-OH is 1. The lowest BCUT2D eigenvalue weighted by atomic mass is 10.0. The number of hydrogen-bond acceptors (Lipinski definition) is 2. The van der Waals surface area contributed by atoms with Gasteiger partial charge in [-0.15, -0.1) is 0 Å². The maximum absolute atomic E-state index is 13.1. The van der Waals surface area contributed by atoms with Crippen molar-refractivity contribution in [1.29, 1.82) is 0 Å². The quantitative estimate of drug-likeness (QED) is 0.810. The van der Waals surface area contributed by atoms with Crippen LogP contribution in [0.3, 0.4) is 0 Å². The van der Waals surface area contributed by atoms with E-state index in [4.69, 9.17) is 0 Å². The molecule has 1 aromatic carbocycles. The topological polar surface area (TPSA) is 32.3 Å². The maximum atomic E-state index is 13.1. The minimum atomic E-state index is -0.912. The summed E-state index contributed by atoms with van der Waals surface area (Å²) < 4.78 is 25.9. The highest BCUT2D eigenvalue weighted by atomic mass is 19.2. The van der Waals surface area contributed by atoms with Gasteiger partial charge < -0.3 is 10.4 Å². The number of benzene rings is 1. The second-order valence-electron chi connectivity index (χ2n) is 5.71. The molecule has 2 nitrogen and oxygen atoms in total. The largest absolute Gasteiger partial charge is 0.387 e. The maximum Gasteiger partial charge on any atom is 0.159 e. The Kier molecular flexibility index (Phi) is 5.92. The molecule has 0 aromatic heterocycles. The van der Waals surface area contributed by atoms with Gasteiger partial charge in [-0.3, -0.25) is 0 Å². The van der Waals surface area contributed by atoms with Gasteiger partial charge >= 0.3 is 0 Å². The second kappa shape index (κ2) is 7.70. The molecule has 2 rings (SSSR count). The van der Waals surface area contributed by atoms with Crippen LogP contribution in [0.25, 0.3) is 0 Å². The van der Waals surface area contributed by atoms with Crippen molar-refractivity contribution >= 4 is 0 Å². The van der Waals surface area contributed by atoms with Crippen LogP contribution in [0, 0.1) is 17.6 Å². The van der Waals surface area contributed by atoms with E-state index >= 15 is 0 Å². The minimum absolute atomic E-state index is 0.377. The molecule has 0 aliphatic heterocycles. The van der Waals surface area contributed by atoms with Gasteiger partial charge in [0, 0.05) is 6.54 Å². The second-order valence-corrected chi connectivity index (χ2v) is 5.71. The van der Waals surface area contributed by atoms with E-state index in [0.29, 0.717) is 18.0 Å². The molecule has 4 heteroatoms. The third-order valence-electron chi connectivity index (χ3n) is 4.07. The molecule has 0 radical (unpaired) electrons. The van der Waals surface area contributed by atoms with Crippen LogP contribution in [0.4, 0.5) is 8.78 Å². The summed E-state index contributed by atoms with van der Waals surface area (Å²) in [5.41, 5.74) is 0.414. The van der Waals surface area contributed by atoms with E-state index in [1.165, 1.54) is 44.6 Å². The number of halogens is 2. The van der Waals surface area contributed by atoms with Crippen LogP contribution in [-0.4, -0.2) is 18.2 Å². The Morgan fingerprint density at radius 1 is 1.10 bits per heavy atom. The van der Waals surface area contributed by atoms with Gasteiger partial charge in [0.15, 0.2) is 11.6 Å². The van der Waals surface area contributed by atoms with Crippen molar-refractivity contribution < 1.29 is 13.9 Å². The van der Waals surface area contributed by atoms with Crippen molar-refractivity contribution in [3.63, 3.8) is 0 Å². The summed E-state index contributed by atoms with van der Waals surface area (Å²) in [6.45, 7) is 1.27. The number of hydrogen-bond donors (Lipinski definition) is 2. The Bertz CT molecular complexity index is 417. The molecule has 0 saturated heterocycles. The molecule has 0 bridgehead atoms. The van der Waals surface area contributed by atoms with Gasteiger partial charge in [-0.2, -0.15) is 0 Å². The van der Waals surface area contributed by atoms with Crippen LogP contribution in [-0.2, 0) is 0 Å². The van der Waals surface area contributed by atoms with E-state index in [-0.39, 0.29) is 0 Å². The van der Waals surface area contributed by atoms with Gasteiger partial charge in [-0.1, -0.05) is 31.7 Å². The van der Waals surface area contributed by atoms with Crippen molar-refractivity contribution in [3.05, 3.63) is 35.4 Å². The van der Waals surface area contributed by atoms with E-state index in [0.717, 1.165) is 18.7 Å². The lowest BCUT2D eigenvalue weighted by molar-refractivity contribution is 0.171. The fraction of sp³-hybridized carbons (Fsp3) is 0.625. The van der Waals surface area contributed by atoms with E-state index in [9.17, 15) is 13.9 Å². The van der Waals surface area contributed by atoms with E-state index < -0.39 is 17.7 Å². The normalized spacial score (nSPS) is 18.8. The van der Waals surface area contributed by atoms with Crippen molar-refractivity contribution in [2.45, 2.75) is 44.6 Å².